The molecule has 1 aromatic carbocycles. The van der Waals surface area contributed by atoms with Gasteiger partial charge in [-0.2, -0.15) is 0 Å². The van der Waals surface area contributed by atoms with Crippen LogP contribution in [0, 0.1) is 11.6 Å². The van der Waals surface area contributed by atoms with Gasteiger partial charge in [0.25, 0.3) is 0 Å². The summed E-state index contributed by atoms with van der Waals surface area (Å²) in [6, 6.07) is 2.16. The lowest BCUT2D eigenvalue weighted by molar-refractivity contribution is 0.0736. The first-order chi connectivity index (χ1) is 10.1. The number of halogens is 3. The van der Waals surface area contributed by atoms with Crippen molar-refractivity contribution in [3.63, 3.8) is 0 Å². The molecule has 0 saturated carbocycles. The first kappa shape index (κ1) is 14.7. The van der Waals surface area contributed by atoms with Gasteiger partial charge in [0.1, 0.15) is 17.2 Å². The lowest BCUT2D eigenvalue weighted by atomic mass is 10.1. The third kappa shape index (κ3) is 2.64. The number of ether oxygens (including phenoxy) is 1. The summed E-state index contributed by atoms with van der Waals surface area (Å²) in [5.74, 6) is -0.184. The Hall–Kier alpha value is -1.20. The van der Waals surface area contributed by atoms with E-state index in [1.807, 2.05) is 11.5 Å². The molecule has 3 nitrogen and oxygen atoms in total. The van der Waals surface area contributed by atoms with Gasteiger partial charge >= 0.3 is 0 Å². The van der Waals surface area contributed by atoms with Crippen LogP contribution < -0.4 is 0 Å². The Morgan fingerprint density at radius 2 is 2.29 bits per heavy atom. The second-order valence-corrected chi connectivity index (χ2v) is 5.76. The van der Waals surface area contributed by atoms with Gasteiger partial charge in [0.2, 0.25) is 0 Å². The zero-order valence-electron chi connectivity index (χ0n) is 11.8. The highest BCUT2D eigenvalue weighted by Gasteiger charge is 2.27. The first-order valence-corrected chi connectivity index (χ1v) is 7.68. The molecule has 0 amide bonds. The molecule has 0 aliphatic carbocycles. The van der Waals surface area contributed by atoms with Crippen molar-refractivity contribution in [1.82, 2.24) is 9.55 Å². The number of imidazole rings is 1. The van der Waals surface area contributed by atoms with Crippen molar-refractivity contribution in [1.29, 1.82) is 0 Å². The normalized spacial score (nSPS) is 20.3. The van der Waals surface area contributed by atoms with Crippen LogP contribution >= 0.6 is 11.6 Å². The molecule has 0 radical (unpaired) electrons. The number of aromatic nitrogens is 2. The van der Waals surface area contributed by atoms with Gasteiger partial charge in [-0.25, -0.2) is 13.8 Å². The fourth-order valence-electron chi connectivity index (χ4n) is 3.03. The van der Waals surface area contributed by atoms with E-state index in [1.165, 1.54) is 6.07 Å². The van der Waals surface area contributed by atoms with E-state index in [0.29, 0.717) is 23.6 Å². The number of hydrogen-bond acceptors (Lipinski definition) is 2. The second-order valence-electron chi connectivity index (χ2n) is 5.38. The van der Waals surface area contributed by atoms with Gasteiger partial charge in [0.15, 0.2) is 5.82 Å². The second kappa shape index (κ2) is 5.89. The molecule has 0 spiro atoms. The van der Waals surface area contributed by atoms with Gasteiger partial charge in [0, 0.05) is 25.0 Å². The van der Waals surface area contributed by atoms with Crippen LogP contribution in [0.3, 0.4) is 0 Å². The molecule has 1 fully saturated rings. The molecule has 2 aromatic rings. The zero-order valence-corrected chi connectivity index (χ0v) is 12.5. The van der Waals surface area contributed by atoms with Crippen LogP contribution in [0.4, 0.5) is 8.78 Å². The van der Waals surface area contributed by atoms with Crippen molar-refractivity contribution < 1.29 is 13.5 Å². The van der Waals surface area contributed by atoms with Crippen LogP contribution in [-0.2, 0) is 11.2 Å². The Kier molecular flexibility index (Phi) is 4.13. The van der Waals surface area contributed by atoms with Gasteiger partial charge in [-0.15, -0.1) is 11.6 Å². The van der Waals surface area contributed by atoms with E-state index in [-0.39, 0.29) is 17.7 Å². The van der Waals surface area contributed by atoms with Crippen LogP contribution in [0.15, 0.2) is 12.1 Å². The van der Waals surface area contributed by atoms with Crippen molar-refractivity contribution in [3.05, 3.63) is 29.6 Å². The molecule has 1 aliphatic heterocycles. The number of aryl methyl sites for hydroxylation is 1. The van der Waals surface area contributed by atoms with Crippen LogP contribution in [0.2, 0.25) is 0 Å². The predicted molar refractivity (Wildman–Crippen MR) is 77.8 cm³/mol. The number of benzene rings is 1. The van der Waals surface area contributed by atoms with E-state index in [0.717, 1.165) is 25.5 Å². The van der Waals surface area contributed by atoms with Gasteiger partial charge in [-0.05, 0) is 25.8 Å². The van der Waals surface area contributed by atoms with Crippen molar-refractivity contribution in [3.8, 4) is 0 Å². The Balaban J connectivity index is 2.14. The maximum absolute atomic E-state index is 13.9. The fourth-order valence-corrected chi connectivity index (χ4v) is 3.20. The standard InChI is InChI=1S/C15H17ClF2N2O/c1-9(13-3-2-6-21-13)20-12-8-10(17)7-11(18)15(12)19-14(20)4-5-16/h7-9,13H,2-6H2,1H3. The van der Waals surface area contributed by atoms with Crippen molar-refractivity contribution in [2.75, 3.05) is 12.5 Å². The van der Waals surface area contributed by atoms with E-state index in [9.17, 15) is 8.78 Å². The summed E-state index contributed by atoms with van der Waals surface area (Å²) in [7, 11) is 0. The minimum absolute atomic E-state index is 0.0306. The van der Waals surface area contributed by atoms with E-state index >= 15 is 0 Å². The van der Waals surface area contributed by atoms with Crippen molar-refractivity contribution in [2.24, 2.45) is 0 Å². The Labute approximate surface area is 126 Å². The minimum Gasteiger partial charge on any atom is -0.376 e. The molecule has 1 aliphatic rings. The van der Waals surface area contributed by atoms with Crippen molar-refractivity contribution >= 4 is 22.6 Å². The average Bonchev–Trinajstić information content (AvgIpc) is 3.06. The highest BCUT2D eigenvalue weighted by molar-refractivity contribution is 6.17. The van der Waals surface area contributed by atoms with Crippen LogP contribution in [0.5, 0.6) is 0 Å². The molecule has 2 unspecified atom stereocenters. The molecular formula is C15H17ClF2N2O. The summed E-state index contributed by atoms with van der Waals surface area (Å²) in [6.07, 6.45) is 2.51. The molecule has 6 heteroatoms. The molecule has 3 rings (SSSR count). The lowest BCUT2D eigenvalue weighted by Gasteiger charge is -2.23. The molecule has 2 atom stereocenters. The highest BCUT2D eigenvalue weighted by atomic mass is 35.5. The lowest BCUT2D eigenvalue weighted by Crippen LogP contribution is -2.22. The van der Waals surface area contributed by atoms with E-state index < -0.39 is 11.6 Å². The third-order valence-electron chi connectivity index (χ3n) is 4.01. The predicted octanol–water partition coefficient (Wildman–Crippen LogP) is 3.84. The number of alkyl halides is 1. The number of fused-ring (bicyclic) bond motifs is 1. The van der Waals surface area contributed by atoms with E-state index in [1.54, 1.807) is 0 Å². The van der Waals surface area contributed by atoms with Crippen LogP contribution in [0.25, 0.3) is 11.0 Å². The zero-order chi connectivity index (χ0) is 15.0. The summed E-state index contributed by atoms with van der Waals surface area (Å²) in [5.41, 5.74) is 0.664. The third-order valence-corrected chi connectivity index (χ3v) is 4.20. The molecule has 1 saturated heterocycles. The summed E-state index contributed by atoms with van der Waals surface area (Å²) in [4.78, 5) is 4.32. The number of rotatable bonds is 4. The summed E-state index contributed by atoms with van der Waals surface area (Å²) in [6.45, 7) is 2.73. The van der Waals surface area contributed by atoms with Crippen LogP contribution in [-0.4, -0.2) is 28.1 Å². The first-order valence-electron chi connectivity index (χ1n) is 7.15. The maximum atomic E-state index is 13.9. The molecule has 0 bridgehead atoms. The molecular weight excluding hydrogens is 298 g/mol. The highest BCUT2D eigenvalue weighted by Crippen LogP contribution is 2.30. The smallest absolute Gasteiger partial charge is 0.153 e. The molecule has 1 aromatic heterocycles. The summed E-state index contributed by atoms with van der Waals surface area (Å²) < 4.78 is 35.1. The molecule has 114 valence electrons. The molecule has 21 heavy (non-hydrogen) atoms. The maximum Gasteiger partial charge on any atom is 0.153 e. The fraction of sp³-hybridized carbons (Fsp3) is 0.533. The van der Waals surface area contributed by atoms with Crippen molar-refractivity contribution in [2.45, 2.75) is 38.3 Å². The van der Waals surface area contributed by atoms with Gasteiger partial charge in [-0.3, -0.25) is 0 Å². The van der Waals surface area contributed by atoms with E-state index in [2.05, 4.69) is 4.98 Å². The summed E-state index contributed by atoms with van der Waals surface area (Å²) in [5, 5.41) is 0. The Bertz CT molecular complexity index is 653. The Morgan fingerprint density at radius 1 is 1.48 bits per heavy atom. The van der Waals surface area contributed by atoms with Gasteiger partial charge < -0.3 is 9.30 Å². The number of hydrogen-bond donors (Lipinski definition) is 0. The van der Waals surface area contributed by atoms with Gasteiger partial charge in [-0.1, -0.05) is 0 Å². The number of nitrogens with zero attached hydrogens (tertiary/aromatic N) is 2. The quantitative estimate of drug-likeness (QED) is 0.802. The largest absolute Gasteiger partial charge is 0.376 e. The summed E-state index contributed by atoms with van der Waals surface area (Å²) >= 11 is 5.82. The van der Waals surface area contributed by atoms with Gasteiger partial charge in [0.05, 0.1) is 17.7 Å². The topological polar surface area (TPSA) is 27.1 Å². The Morgan fingerprint density at radius 3 is 2.95 bits per heavy atom. The molecule has 0 N–H and O–H groups in total. The SMILES string of the molecule is CC(C1CCCO1)n1c(CCCl)nc2c(F)cc(F)cc21. The minimum atomic E-state index is -0.640. The van der Waals surface area contributed by atoms with E-state index in [4.69, 9.17) is 16.3 Å². The van der Waals surface area contributed by atoms with Crippen LogP contribution in [0.1, 0.15) is 31.6 Å². The monoisotopic (exact) mass is 314 g/mol. The molecule has 2 heterocycles. The average molecular weight is 315 g/mol.